The molecule has 0 saturated heterocycles. The Morgan fingerprint density at radius 2 is 1.83 bits per heavy atom. The van der Waals surface area contributed by atoms with Gasteiger partial charge in [0.15, 0.2) is 0 Å². The van der Waals surface area contributed by atoms with Crippen LogP contribution in [0.1, 0.15) is 34.6 Å². The molecule has 5 nitrogen and oxygen atoms in total. The topological polar surface area (TPSA) is 96.2 Å². The molecular weight excluding hydrogens is 313 g/mol. The van der Waals surface area contributed by atoms with Crippen molar-refractivity contribution in [3.63, 3.8) is 0 Å². The molecular formula is C15H13F3N2O3. The van der Waals surface area contributed by atoms with E-state index < -0.39 is 35.0 Å². The molecule has 23 heavy (non-hydrogen) atoms. The number of hydrogen-bond acceptors (Lipinski definition) is 3. The normalized spacial score (nSPS) is 12.9. The summed E-state index contributed by atoms with van der Waals surface area (Å²) in [4.78, 5) is 24.4. The number of aliphatic hydroxyl groups excluding tert-OH is 1. The van der Waals surface area contributed by atoms with Crippen LogP contribution in [0.25, 0.3) is 11.1 Å². The molecule has 2 rings (SSSR count). The van der Waals surface area contributed by atoms with Crippen molar-refractivity contribution in [2.45, 2.75) is 19.2 Å². The van der Waals surface area contributed by atoms with Crippen LogP contribution < -0.4 is 11.3 Å². The highest BCUT2D eigenvalue weighted by atomic mass is 19.4. The van der Waals surface area contributed by atoms with Gasteiger partial charge in [-0.15, -0.1) is 0 Å². The number of alkyl halides is 3. The minimum atomic E-state index is -4.81. The third-order valence-corrected chi connectivity index (χ3v) is 3.29. The summed E-state index contributed by atoms with van der Waals surface area (Å²) in [5, 5.41) is 9.43. The van der Waals surface area contributed by atoms with Crippen molar-refractivity contribution < 1.29 is 23.1 Å². The number of benzene rings is 1. The molecule has 8 heteroatoms. The number of carbonyl (C=O) groups excluding carboxylic acids is 1. The molecule has 0 bridgehead atoms. The van der Waals surface area contributed by atoms with E-state index in [2.05, 4.69) is 0 Å². The van der Waals surface area contributed by atoms with Gasteiger partial charge in [-0.1, -0.05) is 24.3 Å². The van der Waals surface area contributed by atoms with E-state index in [9.17, 15) is 27.9 Å². The molecule has 122 valence electrons. The molecule has 2 aromatic rings. The number of aromatic nitrogens is 1. The second-order valence-corrected chi connectivity index (χ2v) is 4.96. The number of nitrogens with one attached hydrogen (secondary N) is 1. The first-order valence-electron chi connectivity index (χ1n) is 6.54. The standard InChI is InChI=1S/C15H13F3N2O3/c1-7(21)8-2-4-9(5-3-8)10-6-11(13(19)22)14(23)20-12(10)15(16,17)18/h2-7,21H,1H3,(H2,19,22)(H,20,23). The molecule has 1 unspecified atom stereocenters. The molecule has 1 aromatic carbocycles. The molecule has 1 atom stereocenters. The highest BCUT2D eigenvalue weighted by Crippen LogP contribution is 2.35. The van der Waals surface area contributed by atoms with E-state index in [0.717, 1.165) is 6.07 Å². The molecule has 0 radical (unpaired) electrons. The number of halogens is 3. The SMILES string of the molecule is CC(O)c1ccc(-c2cc(C(N)=O)c(=O)[nH]c2C(F)(F)F)cc1. The summed E-state index contributed by atoms with van der Waals surface area (Å²) < 4.78 is 39.4. The second kappa shape index (κ2) is 5.88. The Labute approximate surface area is 128 Å². The first-order valence-corrected chi connectivity index (χ1v) is 6.54. The fourth-order valence-electron chi connectivity index (χ4n) is 2.11. The molecule has 1 amide bonds. The monoisotopic (exact) mass is 326 g/mol. The molecule has 1 aromatic heterocycles. The van der Waals surface area contributed by atoms with Gasteiger partial charge in [-0.3, -0.25) is 9.59 Å². The quantitative estimate of drug-likeness (QED) is 0.807. The molecule has 4 N–H and O–H groups in total. The molecule has 1 heterocycles. The lowest BCUT2D eigenvalue weighted by Crippen LogP contribution is -2.27. The third-order valence-electron chi connectivity index (χ3n) is 3.29. The predicted molar refractivity (Wildman–Crippen MR) is 76.7 cm³/mol. The number of aromatic amines is 1. The molecule has 0 saturated carbocycles. The van der Waals surface area contributed by atoms with Crippen molar-refractivity contribution in [3.05, 3.63) is 57.5 Å². The average Bonchev–Trinajstić information content (AvgIpc) is 2.45. The summed E-state index contributed by atoms with van der Waals surface area (Å²) in [5.74, 6) is -1.12. The van der Waals surface area contributed by atoms with E-state index in [1.165, 1.54) is 31.2 Å². The maximum absolute atomic E-state index is 13.1. The zero-order valence-corrected chi connectivity index (χ0v) is 11.9. The summed E-state index contributed by atoms with van der Waals surface area (Å²) in [6.07, 6.45) is -5.59. The Balaban J connectivity index is 2.70. The number of hydrogen-bond donors (Lipinski definition) is 3. The van der Waals surface area contributed by atoms with Crippen LogP contribution >= 0.6 is 0 Å². The number of carbonyl (C=O) groups is 1. The van der Waals surface area contributed by atoms with Crippen molar-refractivity contribution >= 4 is 5.91 Å². The second-order valence-electron chi connectivity index (χ2n) is 4.96. The first-order chi connectivity index (χ1) is 10.6. The van der Waals surface area contributed by atoms with Gasteiger partial charge in [-0.25, -0.2) is 0 Å². The van der Waals surface area contributed by atoms with E-state index >= 15 is 0 Å². The van der Waals surface area contributed by atoms with E-state index in [-0.39, 0.29) is 11.1 Å². The Morgan fingerprint density at radius 1 is 1.26 bits per heavy atom. The number of nitrogens with two attached hydrogens (primary N) is 1. The number of aliphatic hydroxyl groups is 1. The number of primary amides is 1. The van der Waals surface area contributed by atoms with Gasteiger partial charge >= 0.3 is 6.18 Å². The summed E-state index contributed by atoms with van der Waals surface area (Å²) in [7, 11) is 0. The lowest BCUT2D eigenvalue weighted by Gasteiger charge is -2.14. The molecule has 0 spiro atoms. The van der Waals surface area contributed by atoms with Crippen LogP contribution in [0, 0.1) is 0 Å². The van der Waals surface area contributed by atoms with Gasteiger partial charge in [0.2, 0.25) is 0 Å². The van der Waals surface area contributed by atoms with Crippen LogP contribution in [0.5, 0.6) is 0 Å². The molecule has 0 aliphatic carbocycles. The highest BCUT2D eigenvalue weighted by molar-refractivity contribution is 5.93. The van der Waals surface area contributed by atoms with Crippen molar-refractivity contribution in [1.29, 1.82) is 0 Å². The number of pyridine rings is 1. The van der Waals surface area contributed by atoms with Crippen molar-refractivity contribution in [3.8, 4) is 11.1 Å². The van der Waals surface area contributed by atoms with E-state index in [1.54, 1.807) is 4.98 Å². The summed E-state index contributed by atoms with van der Waals surface area (Å²) in [6, 6.07) is 6.44. The van der Waals surface area contributed by atoms with Gasteiger partial charge < -0.3 is 15.8 Å². The van der Waals surface area contributed by atoms with Crippen LogP contribution in [0.3, 0.4) is 0 Å². The average molecular weight is 326 g/mol. The zero-order valence-electron chi connectivity index (χ0n) is 11.9. The summed E-state index contributed by atoms with van der Waals surface area (Å²) in [6.45, 7) is 1.52. The lowest BCUT2D eigenvalue weighted by molar-refractivity contribution is -0.140. The predicted octanol–water partition coefficient (Wildman–Crippen LogP) is 2.21. The van der Waals surface area contributed by atoms with E-state index in [1.807, 2.05) is 0 Å². The molecule has 0 fully saturated rings. The van der Waals surface area contributed by atoms with Gasteiger partial charge in [0.1, 0.15) is 11.3 Å². The molecule has 0 aliphatic heterocycles. The zero-order chi connectivity index (χ0) is 17.4. The fraction of sp³-hybridized carbons (Fsp3) is 0.200. The van der Waals surface area contributed by atoms with Crippen molar-refractivity contribution in [2.24, 2.45) is 5.73 Å². The van der Waals surface area contributed by atoms with E-state index in [4.69, 9.17) is 5.73 Å². The van der Waals surface area contributed by atoms with Crippen LogP contribution in [0.4, 0.5) is 13.2 Å². The Morgan fingerprint density at radius 3 is 2.26 bits per heavy atom. The maximum Gasteiger partial charge on any atom is 0.431 e. The largest absolute Gasteiger partial charge is 0.431 e. The number of H-pyrrole nitrogens is 1. The summed E-state index contributed by atoms with van der Waals surface area (Å²) in [5.41, 5.74) is 2.25. The Bertz CT molecular complexity index is 793. The number of rotatable bonds is 3. The van der Waals surface area contributed by atoms with Gasteiger partial charge in [-0.05, 0) is 24.1 Å². The van der Waals surface area contributed by atoms with Crippen LogP contribution in [-0.2, 0) is 6.18 Å². The van der Waals surface area contributed by atoms with Crippen LogP contribution in [-0.4, -0.2) is 16.0 Å². The van der Waals surface area contributed by atoms with Crippen LogP contribution in [0.2, 0.25) is 0 Å². The smallest absolute Gasteiger partial charge is 0.389 e. The Kier molecular flexibility index (Phi) is 4.28. The third kappa shape index (κ3) is 3.42. The minimum Gasteiger partial charge on any atom is -0.389 e. The van der Waals surface area contributed by atoms with Crippen molar-refractivity contribution in [1.82, 2.24) is 4.98 Å². The van der Waals surface area contributed by atoms with Gasteiger partial charge in [0.05, 0.1) is 6.10 Å². The van der Waals surface area contributed by atoms with Gasteiger partial charge in [-0.2, -0.15) is 13.2 Å². The fourth-order valence-corrected chi connectivity index (χ4v) is 2.11. The minimum absolute atomic E-state index is 0.125. The van der Waals surface area contributed by atoms with Gasteiger partial charge in [0.25, 0.3) is 11.5 Å². The molecule has 0 aliphatic rings. The Hall–Kier alpha value is -2.61. The van der Waals surface area contributed by atoms with Gasteiger partial charge in [0, 0.05) is 5.56 Å². The maximum atomic E-state index is 13.1. The van der Waals surface area contributed by atoms with Crippen LogP contribution in [0.15, 0.2) is 35.1 Å². The first kappa shape index (κ1) is 16.8. The lowest BCUT2D eigenvalue weighted by atomic mass is 9.99. The summed E-state index contributed by atoms with van der Waals surface area (Å²) >= 11 is 0. The van der Waals surface area contributed by atoms with E-state index in [0.29, 0.717) is 5.56 Å². The number of amides is 1. The van der Waals surface area contributed by atoms with Crippen molar-refractivity contribution in [2.75, 3.05) is 0 Å². The highest BCUT2D eigenvalue weighted by Gasteiger charge is 2.36.